The van der Waals surface area contributed by atoms with Gasteiger partial charge in [-0.2, -0.15) is 8.42 Å². The molecule has 6 nitrogen and oxygen atoms in total. The number of halogens is 1. The molecule has 1 amide bonds. The van der Waals surface area contributed by atoms with Gasteiger partial charge in [0.15, 0.2) is 0 Å². The summed E-state index contributed by atoms with van der Waals surface area (Å²) in [4.78, 5) is 15.1. The van der Waals surface area contributed by atoms with Crippen LogP contribution in [0.15, 0.2) is 11.4 Å². The van der Waals surface area contributed by atoms with Gasteiger partial charge in [-0.25, -0.2) is 9.29 Å². The molecule has 1 aliphatic heterocycles. The summed E-state index contributed by atoms with van der Waals surface area (Å²) in [5, 5.41) is -0.244. The fourth-order valence-corrected chi connectivity index (χ4v) is 3.41. The molecule has 1 aromatic rings. The zero-order valence-corrected chi connectivity index (χ0v) is 10.1. The van der Waals surface area contributed by atoms with Crippen molar-refractivity contribution in [3.05, 3.63) is 11.5 Å². The minimum atomic E-state index is -3.88. The highest BCUT2D eigenvalue weighted by Gasteiger charge is 2.36. The van der Waals surface area contributed by atoms with E-state index < -0.39 is 15.9 Å². The average Bonchev–Trinajstić information content (AvgIpc) is 2.76. The van der Waals surface area contributed by atoms with Crippen LogP contribution in [-0.4, -0.2) is 34.7 Å². The summed E-state index contributed by atoms with van der Waals surface area (Å²) >= 11 is 5.80. The molecule has 2 rings (SSSR count). The van der Waals surface area contributed by atoms with Crippen molar-refractivity contribution in [2.45, 2.75) is 17.9 Å². The van der Waals surface area contributed by atoms with Gasteiger partial charge in [-0.1, -0.05) is 11.6 Å². The normalized spacial score (nSPS) is 17.1. The quantitative estimate of drug-likeness (QED) is 0.774. The molecule has 0 bridgehead atoms. The van der Waals surface area contributed by atoms with Crippen LogP contribution in [0.25, 0.3) is 0 Å². The third kappa shape index (κ3) is 1.60. The monoisotopic (exact) mass is 263 g/mol. The molecule has 0 unspecified atom stereocenters. The molecule has 0 spiro atoms. The first-order chi connectivity index (χ1) is 7.44. The number of aromatic nitrogens is 2. The second-order valence-corrected chi connectivity index (χ2v) is 5.66. The van der Waals surface area contributed by atoms with Gasteiger partial charge in [0.25, 0.3) is 10.0 Å². The summed E-state index contributed by atoms with van der Waals surface area (Å²) in [6.45, 7) is 0.202. The Kier molecular flexibility index (Phi) is 2.67. The Morgan fingerprint density at radius 1 is 1.50 bits per heavy atom. The van der Waals surface area contributed by atoms with Crippen molar-refractivity contribution in [1.29, 1.82) is 0 Å². The highest BCUT2D eigenvalue weighted by atomic mass is 35.5. The number of carbonyl (C=O) groups is 1. The Balaban J connectivity index is 2.47. The third-order valence-corrected chi connectivity index (χ3v) is 4.71. The van der Waals surface area contributed by atoms with E-state index in [-0.39, 0.29) is 23.1 Å². The van der Waals surface area contributed by atoms with E-state index in [1.54, 1.807) is 7.05 Å². The maximum Gasteiger partial charge on any atom is 0.287 e. The van der Waals surface area contributed by atoms with E-state index in [9.17, 15) is 13.2 Å². The molecule has 0 aromatic carbocycles. The SMILES string of the molecule is Cn1cnc(S(=O)(=O)N2CCCC2=O)c1Cl. The lowest BCUT2D eigenvalue weighted by Gasteiger charge is -2.14. The molecule has 0 aliphatic carbocycles. The predicted octanol–water partition coefficient (Wildman–Crippen LogP) is 0.385. The molecular formula is C8H10ClN3O3S. The Hall–Kier alpha value is -1.08. The average molecular weight is 264 g/mol. The third-order valence-electron chi connectivity index (χ3n) is 2.40. The first-order valence-corrected chi connectivity index (χ1v) is 6.49. The molecule has 0 saturated carbocycles. The summed E-state index contributed by atoms with van der Waals surface area (Å²) in [6.07, 6.45) is 2.10. The fraction of sp³-hybridized carbons (Fsp3) is 0.500. The Morgan fingerprint density at radius 3 is 2.62 bits per heavy atom. The molecule has 1 fully saturated rings. The first-order valence-electron chi connectivity index (χ1n) is 4.67. The molecule has 16 heavy (non-hydrogen) atoms. The van der Waals surface area contributed by atoms with Crippen LogP contribution >= 0.6 is 11.6 Å². The predicted molar refractivity (Wildman–Crippen MR) is 56.4 cm³/mol. The van der Waals surface area contributed by atoms with Crippen molar-refractivity contribution in [1.82, 2.24) is 13.9 Å². The van der Waals surface area contributed by atoms with Crippen LogP contribution in [0.5, 0.6) is 0 Å². The van der Waals surface area contributed by atoms with Gasteiger partial charge in [0.05, 0.1) is 6.33 Å². The van der Waals surface area contributed by atoms with Crippen LogP contribution in [0, 0.1) is 0 Å². The maximum absolute atomic E-state index is 12.0. The van der Waals surface area contributed by atoms with Gasteiger partial charge in [0.1, 0.15) is 5.15 Å². The first kappa shape index (κ1) is 11.4. The molecular weight excluding hydrogens is 254 g/mol. The molecule has 0 atom stereocenters. The molecule has 1 aromatic heterocycles. The number of hydrogen-bond acceptors (Lipinski definition) is 4. The summed E-state index contributed by atoms with van der Waals surface area (Å²) in [5.41, 5.74) is 0. The topological polar surface area (TPSA) is 72.3 Å². The van der Waals surface area contributed by atoms with Gasteiger partial charge < -0.3 is 4.57 Å². The second kappa shape index (κ2) is 3.74. The van der Waals surface area contributed by atoms with Gasteiger partial charge in [-0.15, -0.1) is 0 Å². The number of rotatable bonds is 2. The van der Waals surface area contributed by atoms with Crippen molar-refractivity contribution >= 4 is 27.5 Å². The van der Waals surface area contributed by atoms with E-state index in [1.807, 2.05) is 0 Å². The smallest absolute Gasteiger partial charge is 0.287 e. The van der Waals surface area contributed by atoms with Crippen molar-refractivity contribution in [3.63, 3.8) is 0 Å². The van der Waals surface area contributed by atoms with E-state index in [2.05, 4.69) is 4.98 Å². The zero-order valence-electron chi connectivity index (χ0n) is 8.55. The summed E-state index contributed by atoms with van der Waals surface area (Å²) < 4.78 is 26.3. The van der Waals surface area contributed by atoms with E-state index in [0.717, 1.165) is 4.31 Å². The van der Waals surface area contributed by atoms with Crippen LogP contribution in [0.1, 0.15) is 12.8 Å². The Morgan fingerprint density at radius 2 is 2.19 bits per heavy atom. The van der Waals surface area contributed by atoms with Crippen LogP contribution in [-0.2, 0) is 21.9 Å². The minimum Gasteiger partial charge on any atom is -0.324 e. The van der Waals surface area contributed by atoms with Crippen molar-refractivity contribution < 1.29 is 13.2 Å². The van der Waals surface area contributed by atoms with E-state index >= 15 is 0 Å². The molecule has 2 heterocycles. The Labute approximate surface area is 97.9 Å². The summed E-state index contributed by atoms with van der Waals surface area (Å²) in [5.74, 6) is -0.401. The standard InChI is InChI=1S/C8H10ClN3O3S/c1-11-5-10-8(7(11)9)16(14,15)12-4-2-3-6(12)13/h5H,2-4H2,1H3. The van der Waals surface area contributed by atoms with E-state index in [4.69, 9.17) is 11.6 Å². The largest absolute Gasteiger partial charge is 0.324 e. The highest BCUT2D eigenvalue weighted by molar-refractivity contribution is 7.89. The number of carbonyl (C=O) groups excluding carboxylic acids is 1. The zero-order chi connectivity index (χ0) is 11.9. The lowest BCUT2D eigenvalue weighted by molar-refractivity contribution is -0.123. The number of hydrogen-bond donors (Lipinski definition) is 0. The van der Waals surface area contributed by atoms with Gasteiger partial charge in [0.2, 0.25) is 10.9 Å². The highest BCUT2D eigenvalue weighted by Crippen LogP contribution is 2.25. The van der Waals surface area contributed by atoms with Crippen molar-refractivity contribution in [2.24, 2.45) is 7.05 Å². The number of amides is 1. The van der Waals surface area contributed by atoms with Gasteiger partial charge in [-0.3, -0.25) is 4.79 Å². The minimum absolute atomic E-state index is 0.0136. The maximum atomic E-state index is 12.0. The molecule has 88 valence electrons. The number of sulfonamides is 1. The summed E-state index contributed by atoms with van der Waals surface area (Å²) in [7, 11) is -2.29. The van der Waals surface area contributed by atoms with Crippen LogP contribution in [0.3, 0.4) is 0 Å². The number of imidazole rings is 1. The number of nitrogens with zero attached hydrogens (tertiary/aromatic N) is 3. The summed E-state index contributed by atoms with van der Waals surface area (Å²) in [6, 6.07) is 0. The fourth-order valence-electron chi connectivity index (χ4n) is 1.55. The van der Waals surface area contributed by atoms with Crippen molar-refractivity contribution in [3.8, 4) is 0 Å². The molecule has 0 radical (unpaired) electrons. The van der Waals surface area contributed by atoms with Crippen LogP contribution in [0.4, 0.5) is 0 Å². The van der Waals surface area contributed by atoms with Gasteiger partial charge >= 0.3 is 0 Å². The molecule has 1 aliphatic rings. The van der Waals surface area contributed by atoms with Gasteiger partial charge in [-0.05, 0) is 6.42 Å². The molecule has 8 heteroatoms. The van der Waals surface area contributed by atoms with Crippen molar-refractivity contribution in [2.75, 3.05) is 6.54 Å². The molecule has 0 N–H and O–H groups in total. The van der Waals surface area contributed by atoms with Crippen LogP contribution < -0.4 is 0 Å². The number of aryl methyl sites for hydroxylation is 1. The van der Waals surface area contributed by atoms with E-state index in [0.29, 0.717) is 6.42 Å². The lowest BCUT2D eigenvalue weighted by Crippen LogP contribution is -2.32. The lowest BCUT2D eigenvalue weighted by atomic mass is 10.4. The van der Waals surface area contributed by atoms with E-state index in [1.165, 1.54) is 10.9 Å². The Bertz CT molecular complexity index is 537. The van der Waals surface area contributed by atoms with Gasteiger partial charge in [0, 0.05) is 20.0 Å². The second-order valence-electron chi connectivity index (χ2n) is 3.53. The molecule has 1 saturated heterocycles. The van der Waals surface area contributed by atoms with Crippen LogP contribution in [0.2, 0.25) is 5.15 Å².